The van der Waals surface area contributed by atoms with Crippen LogP contribution in [0, 0.1) is 18.6 Å². The van der Waals surface area contributed by atoms with Gasteiger partial charge >= 0.3 is 0 Å². The molecule has 5 nitrogen and oxygen atoms in total. The lowest BCUT2D eigenvalue weighted by Crippen LogP contribution is -1.86. The van der Waals surface area contributed by atoms with E-state index >= 15 is 0 Å². The molecule has 4 aromatic rings. The molecular formula is C16H9F2N3O2. The van der Waals surface area contributed by atoms with Gasteiger partial charge in [0, 0.05) is 18.1 Å². The van der Waals surface area contributed by atoms with Gasteiger partial charge in [0.15, 0.2) is 23.1 Å². The van der Waals surface area contributed by atoms with Crippen LogP contribution in [0.5, 0.6) is 0 Å². The minimum atomic E-state index is -0.971. The first-order chi connectivity index (χ1) is 11.1. The Morgan fingerprint density at radius 1 is 0.913 bits per heavy atom. The Balaban J connectivity index is 1.74. The average Bonchev–Trinajstić information content (AvgIpc) is 3.14. The van der Waals surface area contributed by atoms with Crippen LogP contribution < -0.4 is 0 Å². The molecule has 0 atom stereocenters. The van der Waals surface area contributed by atoms with Crippen LogP contribution in [-0.2, 0) is 0 Å². The summed E-state index contributed by atoms with van der Waals surface area (Å²) in [6.07, 6.45) is 0. The van der Waals surface area contributed by atoms with Crippen molar-refractivity contribution in [2.24, 2.45) is 0 Å². The van der Waals surface area contributed by atoms with Crippen molar-refractivity contribution in [2.45, 2.75) is 6.92 Å². The van der Waals surface area contributed by atoms with Crippen LogP contribution in [0.3, 0.4) is 0 Å². The van der Waals surface area contributed by atoms with Gasteiger partial charge in [-0.15, -0.1) is 0 Å². The number of oxazole rings is 1. The first-order valence-corrected chi connectivity index (χ1v) is 6.77. The van der Waals surface area contributed by atoms with Crippen LogP contribution >= 0.6 is 0 Å². The Bertz CT molecular complexity index is 1020. The number of hydrogen-bond donors (Lipinski definition) is 0. The third-order valence-electron chi connectivity index (χ3n) is 3.35. The van der Waals surface area contributed by atoms with Crippen LogP contribution in [0.1, 0.15) is 5.89 Å². The van der Waals surface area contributed by atoms with E-state index < -0.39 is 11.6 Å². The summed E-state index contributed by atoms with van der Waals surface area (Å²) in [6, 6.07) is 8.70. The van der Waals surface area contributed by atoms with Gasteiger partial charge in [0.05, 0.1) is 0 Å². The molecule has 0 aliphatic heterocycles. The van der Waals surface area contributed by atoms with Gasteiger partial charge < -0.3 is 8.94 Å². The van der Waals surface area contributed by atoms with Crippen molar-refractivity contribution in [3.63, 3.8) is 0 Å². The van der Waals surface area contributed by atoms with E-state index in [1.807, 2.05) is 0 Å². The smallest absolute Gasteiger partial charge is 0.258 e. The highest BCUT2D eigenvalue weighted by atomic mass is 19.2. The van der Waals surface area contributed by atoms with Crippen molar-refractivity contribution < 1.29 is 17.7 Å². The average molecular weight is 313 g/mol. The summed E-state index contributed by atoms with van der Waals surface area (Å²) in [6.45, 7) is 1.76. The molecule has 0 unspecified atom stereocenters. The first kappa shape index (κ1) is 13.6. The van der Waals surface area contributed by atoms with Gasteiger partial charge in [-0.2, -0.15) is 4.98 Å². The van der Waals surface area contributed by atoms with Crippen molar-refractivity contribution >= 4 is 11.1 Å². The van der Waals surface area contributed by atoms with Crippen LogP contribution in [0.4, 0.5) is 8.78 Å². The van der Waals surface area contributed by atoms with E-state index in [1.165, 1.54) is 6.07 Å². The minimum Gasteiger partial charge on any atom is -0.441 e. The highest BCUT2D eigenvalue weighted by molar-refractivity contribution is 5.78. The third kappa shape index (κ3) is 2.36. The van der Waals surface area contributed by atoms with Gasteiger partial charge in [0.2, 0.25) is 5.82 Å². The zero-order chi connectivity index (χ0) is 16.0. The summed E-state index contributed by atoms with van der Waals surface area (Å²) in [5, 5.41) is 3.87. The molecule has 0 radical (unpaired) electrons. The lowest BCUT2D eigenvalue weighted by molar-refractivity contribution is 0.431. The van der Waals surface area contributed by atoms with Gasteiger partial charge in [-0.3, -0.25) is 0 Å². The molecule has 2 heterocycles. The highest BCUT2D eigenvalue weighted by Gasteiger charge is 2.14. The van der Waals surface area contributed by atoms with Gasteiger partial charge in [-0.05, 0) is 36.4 Å². The molecule has 0 amide bonds. The quantitative estimate of drug-likeness (QED) is 0.556. The Kier molecular flexibility index (Phi) is 2.94. The number of aryl methyl sites for hydroxylation is 1. The standard InChI is InChI=1S/C16H9F2N3O2/c1-8-19-13-7-9(3-5-14(13)22-8)15-20-16(23-21-15)10-2-4-11(17)12(18)6-10/h2-7H,1H3. The Hall–Kier alpha value is -3.09. The molecule has 4 rings (SSSR count). The summed E-state index contributed by atoms with van der Waals surface area (Å²) in [4.78, 5) is 8.45. The predicted molar refractivity (Wildman–Crippen MR) is 77.4 cm³/mol. The van der Waals surface area contributed by atoms with Gasteiger partial charge in [-0.1, -0.05) is 5.16 Å². The second-order valence-electron chi connectivity index (χ2n) is 4.97. The molecule has 0 saturated heterocycles. The second-order valence-corrected chi connectivity index (χ2v) is 4.97. The Morgan fingerprint density at radius 2 is 1.74 bits per heavy atom. The lowest BCUT2D eigenvalue weighted by Gasteiger charge is -1.95. The number of aromatic nitrogens is 3. The molecule has 2 aromatic carbocycles. The van der Waals surface area contributed by atoms with E-state index in [-0.39, 0.29) is 5.89 Å². The van der Waals surface area contributed by atoms with Crippen molar-refractivity contribution in [3.05, 3.63) is 53.9 Å². The zero-order valence-corrected chi connectivity index (χ0v) is 11.9. The number of fused-ring (bicyclic) bond motifs is 1. The molecule has 7 heteroatoms. The maximum Gasteiger partial charge on any atom is 0.258 e. The van der Waals surface area contributed by atoms with Gasteiger partial charge in [0.25, 0.3) is 5.89 Å². The molecule has 0 aliphatic rings. The van der Waals surface area contributed by atoms with E-state index in [1.54, 1.807) is 25.1 Å². The fraction of sp³-hybridized carbons (Fsp3) is 0.0625. The van der Waals surface area contributed by atoms with Crippen LogP contribution in [-0.4, -0.2) is 15.1 Å². The maximum atomic E-state index is 13.3. The summed E-state index contributed by atoms with van der Waals surface area (Å²) < 4.78 is 36.8. The van der Waals surface area contributed by atoms with Crippen molar-refractivity contribution in [1.29, 1.82) is 0 Å². The maximum absolute atomic E-state index is 13.3. The fourth-order valence-corrected chi connectivity index (χ4v) is 2.27. The Labute approximate surface area is 128 Å². The molecule has 0 saturated carbocycles. The normalized spacial score (nSPS) is 11.3. The number of rotatable bonds is 2. The van der Waals surface area contributed by atoms with Crippen molar-refractivity contribution in [2.75, 3.05) is 0 Å². The molecular weight excluding hydrogens is 304 g/mol. The molecule has 0 fully saturated rings. The van der Waals surface area contributed by atoms with E-state index in [2.05, 4.69) is 15.1 Å². The highest BCUT2D eigenvalue weighted by Crippen LogP contribution is 2.26. The number of halogens is 2. The largest absolute Gasteiger partial charge is 0.441 e. The van der Waals surface area contributed by atoms with E-state index in [0.29, 0.717) is 33.9 Å². The topological polar surface area (TPSA) is 65.0 Å². The summed E-state index contributed by atoms with van der Waals surface area (Å²) in [5.41, 5.74) is 2.33. The summed E-state index contributed by atoms with van der Waals surface area (Å²) in [7, 11) is 0. The SMILES string of the molecule is Cc1nc2cc(-c3noc(-c4ccc(F)c(F)c4)n3)ccc2o1. The van der Waals surface area contributed by atoms with Crippen LogP contribution in [0.2, 0.25) is 0 Å². The van der Waals surface area contributed by atoms with E-state index in [4.69, 9.17) is 8.94 Å². The number of hydrogen-bond acceptors (Lipinski definition) is 5. The predicted octanol–water partition coefficient (Wildman–Crippen LogP) is 4.13. The zero-order valence-electron chi connectivity index (χ0n) is 11.9. The molecule has 0 spiro atoms. The van der Waals surface area contributed by atoms with Gasteiger partial charge in [0.1, 0.15) is 5.52 Å². The minimum absolute atomic E-state index is 0.107. The molecule has 0 N–H and O–H groups in total. The molecule has 0 aliphatic carbocycles. The van der Waals surface area contributed by atoms with Crippen LogP contribution in [0.15, 0.2) is 45.3 Å². The monoisotopic (exact) mass is 313 g/mol. The first-order valence-electron chi connectivity index (χ1n) is 6.77. The van der Waals surface area contributed by atoms with E-state index in [0.717, 1.165) is 12.1 Å². The lowest BCUT2D eigenvalue weighted by atomic mass is 10.2. The van der Waals surface area contributed by atoms with Gasteiger partial charge in [-0.25, -0.2) is 13.8 Å². The fourth-order valence-electron chi connectivity index (χ4n) is 2.27. The number of benzene rings is 2. The molecule has 114 valence electrons. The van der Waals surface area contributed by atoms with Crippen molar-refractivity contribution in [1.82, 2.24) is 15.1 Å². The molecule has 2 aromatic heterocycles. The van der Waals surface area contributed by atoms with Crippen molar-refractivity contribution in [3.8, 4) is 22.8 Å². The molecule has 23 heavy (non-hydrogen) atoms. The Morgan fingerprint density at radius 3 is 2.57 bits per heavy atom. The summed E-state index contributed by atoms with van der Waals surface area (Å²) >= 11 is 0. The summed E-state index contributed by atoms with van der Waals surface area (Å²) in [5.74, 6) is -0.905. The van der Waals surface area contributed by atoms with E-state index in [9.17, 15) is 8.78 Å². The molecule has 0 bridgehead atoms. The third-order valence-corrected chi connectivity index (χ3v) is 3.35. The second kappa shape index (κ2) is 4.98. The van der Waals surface area contributed by atoms with Crippen LogP contribution in [0.25, 0.3) is 33.9 Å². The number of nitrogens with zero attached hydrogens (tertiary/aromatic N) is 3.